The third-order valence-electron chi connectivity index (χ3n) is 4.52. The van der Waals surface area contributed by atoms with E-state index in [1.165, 1.54) is 43.4 Å². The molecule has 1 aliphatic rings. The second-order valence-electron chi connectivity index (χ2n) is 6.07. The van der Waals surface area contributed by atoms with E-state index in [2.05, 4.69) is 43.0 Å². The molecule has 0 atom stereocenters. The molecule has 1 aromatic rings. The van der Waals surface area contributed by atoms with Gasteiger partial charge in [-0.1, -0.05) is 31.4 Å². The lowest BCUT2D eigenvalue weighted by Crippen LogP contribution is -2.41. The molecule has 1 fully saturated rings. The van der Waals surface area contributed by atoms with Crippen molar-refractivity contribution in [2.75, 3.05) is 24.6 Å². The van der Waals surface area contributed by atoms with E-state index in [9.17, 15) is 5.11 Å². The summed E-state index contributed by atoms with van der Waals surface area (Å²) >= 11 is 0. The van der Waals surface area contributed by atoms with Crippen LogP contribution in [0.2, 0.25) is 0 Å². The summed E-state index contributed by atoms with van der Waals surface area (Å²) in [4.78, 5) is 2.43. The first kappa shape index (κ1) is 14.4. The molecule has 0 unspecified atom stereocenters. The van der Waals surface area contributed by atoms with Crippen molar-refractivity contribution in [1.29, 1.82) is 0 Å². The van der Waals surface area contributed by atoms with Crippen molar-refractivity contribution in [1.82, 2.24) is 0 Å². The number of nitrogens with zero attached hydrogens (tertiary/aromatic N) is 1. The summed E-state index contributed by atoms with van der Waals surface area (Å²) in [6.07, 6.45) is 6.22. The van der Waals surface area contributed by atoms with Crippen molar-refractivity contribution in [3.8, 4) is 0 Å². The molecule has 1 aliphatic carbocycles. The van der Waals surface area contributed by atoms with Crippen molar-refractivity contribution < 1.29 is 5.11 Å². The minimum atomic E-state index is 0.123. The lowest BCUT2D eigenvalue weighted by Gasteiger charge is -2.40. The monoisotopic (exact) mass is 261 g/mol. The van der Waals surface area contributed by atoms with Gasteiger partial charge in [-0.2, -0.15) is 0 Å². The molecule has 0 amide bonds. The molecule has 19 heavy (non-hydrogen) atoms. The third kappa shape index (κ3) is 3.50. The van der Waals surface area contributed by atoms with Crippen LogP contribution in [-0.2, 0) is 0 Å². The van der Waals surface area contributed by atoms with Crippen molar-refractivity contribution in [3.05, 3.63) is 29.8 Å². The topological polar surface area (TPSA) is 23.5 Å². The Kier molecular flexibility index (Phi) is 4.87. The smallest absolute Gasteiger partial charge is 0.0504 e. The minimum Gasteiger partial charge on any atom is -0.396 e. The van der Waals surface area contributed by atoms with Crippen molar-refractivity contribution in [2.24, 2.45) is 5.41 Å². The average Bonchev–Trinajstić information content (AvgIpc) is 2.46. The van der Waals surface area contributed by atoms with Gasteiger partial charge in [-0.05, 0) is 44.4 Å². The van der Waals surface area contributed by atoms with Crippen LogP contribution in [0.1, 0.15) is 44.6 Å². The number of hydrogen-bond donors (Lipinski definition) is 1. The van der Waals surface area contributed by atoms with E-state index < -0.39 is 0 Å². The van der Waals surface area contributed by atoms with Crippen LogP contribution in [0.4, 0.5) is 5.69 Å². The summed E-state index contributed by atoms with van der Waals surface area (Å²) in [5.74, 6) is 0. The maximum atomic E-state index is 9.86. The molecule has 0 aliphatic heterocycles. The van der Waals surface area contributed by atoms with Gasteiger partial charge in [0.05, 0.1) is 6.61 Å². The molecule has 0 radical (unpaired) electrons. The van der Waals surface area contributed by atoms with Crippen LogP contribution in [0, 0.1) is 12.3 Å². The number of aliphatic hydroxyl groups is 1. The van der Waals surface area contributed by atoms with E-state index in [0.29, 0.717) is 6.61 Å². The van der Waals surface area contributed by atoms with E-state index in [1.54, 1.807) is 0 Å². The second-order valence-corrected chi connectivity index (χ2v) is 6.07. The predicted octanol–water partition coefficient (Wildman–Crippen LogP) is 3.76. The molecule has 2 nitrogen and oxygen atoms in total. The Morgan fingerprint density at radius 1 is 1.21 bits per heavy atom. The molecule has 1 saturated carbocycles. The van der Waals surface area contributed by atoms with Gasteiger partial charge < -0.3 is 10.0 Å². The Labute approximate surface area is 117 Å². The number of aryl methyl sites for hydroxylation is 1. The lowest BCUT2D eigenvalue weighted by atomic mass is 9.74. The highest BCUT2D eigenvalue weighted by Crippen LogP contribution is 2.37. The van der Waals surface area contributed by atoms with Gasteiger partial charge in [-0.25, -0.2) is 0 Å². The molecule has 1 aromatic carbocycles. The summed E-state index contributed by atoms with van der Waals surface area (Å²) in [5, 5.41) is 9.86. The van der Waals surface area contributed by atoms with E-state index in [0.717, 1.165) is 13.1 Å². The van der Waals surface area contributed by atoms with Crippen LogP contribution < -0.4 is 4.90 Å². The molecular weight excluding hydrogens is 234 g/mol. The fraction of sp³-hybridized carbons (Fsp3) is 0.647. The number of rotatable bonds is 5. The standard InChI is InChI=1S/C17H27NO/c1-3-18(16-9-7-8-15(2)12-16)13-17(14-19)10-5-4-6-11-17/h7-9,12,19H,3-6,10-11,13-14H2,1-2H3. The number of benzene rings is 1. The number of aliphatic hydroxyl groups excluding tert-OH is 1. The number of hydrogen-bond acceptors (Lipinski definition) is 2. The maximum absolute atomic E-state index is 9.86. The highest BCUT2D eigenvalue weighted by molar-refractivity contribution is 5.48. The van der Waals surface area contributed by atoms with Crippen LogP contribution in [-0.4, -0.2) is 24.8 Å². The highest BCUT2D eigenvalue weighted by Gasteiger charge is 2.33. The molecule has 2 heteroatoms. The van der Waals surface area contributed by atoms with Gasteiger partial charge in [0.15, 0.2) is 0 Å². The van der Waals surface area contributed by atoms with Gasteiger partial charge in [0.2, 0.25) is 0 Å². The zero-order valence-corrected chi connectivity index (χ0v) is 12.4. The molecule has 1 N–H and O–H groups in total. The van der Waals surface area contributed by atoms with Gasteiger partial charge in [-0.15, -0.1) is 0 Å². The normalized spacial score (nSPS) is 18.3. The van der Waals surface area contributed by atoms with Crippen LogP contribution >= 0.6 is 0 Å². The van der Waals surface area contributed by atoms with E-state index in [4.69, 9.17) is 0 Å². The van der Waals surface area contributed by atoms with Crippen molar-refractivity contribution in [3.63, 3.8) is 0 Å². The first-order chi connectivity index (χ1) is 9.19. The molecule has 0 saturated heterocycles. The molecule has 0 aromatic heterocycles. The molecule has 2 rings (SSSR count). The van der Waals surface area contributed by atoms with Crippen LogP contribution in [0.15, 0.2) is 24.3 Å². The minimum absolute atomic E-state index is 0.123. The first-order valence-electron chi connectivity index (χ1n) is 7.61. The summed E-state index contributed by atoms with van der Waals surface area (Å²) in [6.45, 7) is 6.67. The Morgan fingerprint density at radius 3 is 2.53 bits per heavy atom. The van der Waals surface area contributed by atoms with Crippen molar-refractivity contribution >= 4 is 5.69 Å². The SMILES string of the molecule is CCN(CC1(CO)CCCCC1)c1cccc(C)c1. The predicted molar refractivity (Wildman–Crippen MR) is 81.7 cm³/mol. The maximum Gasteiger partial charge on any atom is 0.0504 e. The zero-order chi connectivity index (χ0) is 13.7. The quantitative estimate of drug-likeness (QED) is 0.872. The Hall–Kier alpha value is -1.02. The average molecular weight is 261 g/mol. The summed E-state index contributed by atoms with van der Waals surface area (Å²) < 4.78 is 0. The van der Waals surface area contributed by atoms with Crippen molar-refractivity contribution in [2.45, 2.75) is 46.0 Å². The summed E-state index contributed by atoms with van der Waals surface area (Å²) in [7, 11) is 0. The van der Waals surface area contributed by atoms with Gasteiger partial charge >= 0.3 is 0 Å². The zero-order valence-electron chi connectivity index (χ0n) is 12.4. The lowest BCUT2D eigenvalue weighted by molar-refractivity contribution is 0.0882. The molecule has 106 valence electrons. The van der Waals surface area contributed by atoms with Gasteiger partial charge in [0.1, 0.15) is 0 Å². The Morgan fingerprint density at radius 2 is 1.95 bits per heavy atom. The summed E-state index contributed by atoms with van der Waals surface area (Å²) in [6, 6.07) is 8.70. The molecule has 0 heterocycles. The Bertz CT molecular complexity index is 396. The van der Waals surface area contributed by atoms with E-state index in [-0.39, 0.29) is 5.41 Å². The van der Waals surface area contributed by atoms with E-state index in [1.807, 2.05) is 0 Å². The highest BCUT2D eigenvalue weighted by atomic mass is 16.3. The largest absolute Gasteiger partial charge is 0.396 e. The van der Waals surface area contributed by atoms with Crippen LogP contribution in [0.25, 0.3) is 0 Å². The first-order valence-corrected chi connectivity index (χ1v) is 7.61. The third-order valence-corrected chi connectivity index (χ3v) is 4.52. The fourth-order valence-corrected chi connectivity index (χ4v) is 3.28. The molecule has 0 spiro atoms. The van der Waals surface area contributed by atoms with Gasteiger partial charge in [0.25, 0.3) is 0 Å². The number of anilines is 1. The Balaban J connectivity index is 2.13. The molecule has 0 bridgehead atoms. The van der Waals surface area contributed by atoms with Crippen LogP contribution in [0.5, 0.6) is 0 Å². The summed E-state index contributed by atoms with van der Waals surface area (Å²) in [5.41, 5.74) is 2.72. The fourth-order valence-electron chi connectivity index (χ4n) is 3.28. The molecular formula is C17H27NO. The second kappa shape index (κ2) is 6.42. The van der Waals surface area contributed by atoms with Gasteiger partial charge in [0, 0.05) is 24.2 Å². The van der Waals surface area contributed by atoms with E-state index >= 15 is 0 Å². The van der Waals surface area contributed by atoms with Crippen LogP contribution in [0.3, 0.4) is 0 Å². The van der Waals surface area contributed by atoms with Gasteiger partial charge in [-0.3, -0.25) is 0 Å².